The standard InChI is InChI=1S/C25H26N2O3S/c1-3-18-10-12-19(13-11-18)24(22-9-6-16-31-22)26-23(28)14-15-27-20-7-4-5-8-21(20)30-17(2)25(27)29/h4-13,16-17,24H,3,14-15H2,1-2H3,(H,26,28)/t17-,24-/m0/s1. The summed E-state index contributed by atoms with van der Waals surface area (Å²) in [5.74, 6) is 0.446. The molecule has 0 radical (unpaired) electrons. The predicted octanol–water partition coefficient (Wildman–Crippen LogP) is 4.72. The first-order valence-corrected chi connectivity index (χ1v) is 11.4. The molecule has 0 aliphatic carbocycles. The van der Waals surface area contributed by atoms with Crippen LogP contribution in [0.5, 0.6) is 5.75 Å². The van der Waals surface area contributed by atoms with E-state index < -0.39 is 6.10 Å². The number of anilines is 1. The normalized spacial score (nSPS) is 16.4. The third-order valence-corrected chi connectivity index (χ3v) is 6.43. The van der Waals surface area contributed by atoms with Crippen molar-refractivity contribution in [1.29, 1.82) is 0 Å². The summed E-state index contributed by atoms with van der Waals surface area (Å²) in [6, 6.07) is 19.6. The maximum atomic E-state index is 12.9. The number of fused-ring (bicyclic) bond motifs is 1. The third kappa shape index (κ3) is 4.64. The van der Waals surface area contributed by atoms with Crippen LogP contribution in [0.3, 0.4) is 0 Å². The highest BCUT2D eigenvalue weighted by Crippen LogP contribution is 2.33. The summed E-state index contributed by atoms with van der Waals surface area (Å²) in [7, 11) is 0. The van der Waals surface area contributed by atoms with Gasteiger partial charge < -0.3 is 15.0 Å². The average molecular weight is 435 g/mol. The molecule has 0 fully saturated rings. The van der Waals surface area contributed by atoms with Gasteiger partial charge in [0.25, 0.3) is 5.91 Å². The number of para-hydroxylation sites is 2. The molecule has 31 heavy (non-hydrogen) atoms. The van der Waals surface area contributed by atoms with Crippen LogP contribution in [0.4, 0.5) is 5.69 Å². The number of carbonyl (C=O) groups is 2. The van der Waals surface area contributed by atoms with Crippen molar-refractivity contribution in [2.24, 2.45) is 0 Å². The maximum absolute atomic E-state index is 12.9. The van der Waals surface area contributed by atoms with Crippen molar-refractivity contribution >= 4 is 28.8 Å². The van der Waals surface area contributed by atoms with Gasteiger partial charge in [-0.15, -0.1) is 11.3 Å². The number of nitrogens with zero attached hydrogens (tertiary/aromatic N) is 1. The van der Waals surface area contributed by atoms with Crippen LogP contribution >= 0.6 is 11.3 Å². The van der Waals surface area contributed by atoms with Gasteiger partial charge in [-0.1, -0.05) is 49.4 Å². The van der Waals surface area contributed by atoms with Gasteiger partial charge in [-0.25, -0.2) is 0 Å². The number of carbonyl (C=O) groups excluding carboxylic acids is 2. The number of thiophene rings is 1. The molecule has 6 heteroatoms. The molecule has 160 valence electrons. The smallest absolute Gasteiger partial charge is 0.267 e. The lowest BCUT2D eigenvalue weighted by Crippen LogP contribution is -2.46. The fraction of sp³-hybridized carbons (Fsp3) is 0.280. The summed E-state index contributed by atoms with van der Waals surface area (Å²) in [6.45, 7) is 4.17. The zero-order valence-electron chi connectivity index (χ0n) is 17.7. The number of rotatable bonds is 7. The van der Waals surface area contributed by atoms with E-state index >= 15 is 0 Å². The number of amides is 2. The number of ether oxygens (including phenoxy) is 1. The lowest BCUT2D eigenvalue weighted by molar-refractivity contribution is -0.125. The van der Waals surface area contributed by atoms with Crippen LogP contribution in [-0.2, 0) is 16.0 Å². The Kier molecular flexibility index (Phi) is 6.37. The molecule has 2 heterocycles. The maximum Gasteiger partial charge on any atom is 0.267 e. The van der Waals surface area contributed by atoms with Gasteiger partial charge in [-0.2, -0.15) is 0 Å². The summed E-state index contributed by atoms with van der Waals surface area (Å²) in [4.78, 5) is 28.3. The van der Waals surface area contributed by atoms with Crippen molar-refractivity contribution in [1.82, 2.24) is 5.32 Å². The Balaban J connectivity index is 1.48. The first-order valence-electron chi connectivity index (χ1n) is 10.6. The highest BCUT2D eigenvalue weighted by molar-refractivity contribution is 7.10. The molecule has 0 spiro atoms. The van der Waals surface area contributed by atoms with Crippen LogP contribution in [0.2, 0.25) is 0 Å². The molecule has 0 saturated carbocycles. The summed E-state index contributed by atoms with van der Waals surface area (Å²) in [6.07, 6.45) is 0.625. The van der Waals surface area contributed by atoms with E-state index in [-0.39, 0.29) is 24.3 Å². The zero-order chi connectivity index (χ0) is 21.8. The number of aryl methyl sites for hydroxylation is 1. The Labute approximate surface area is 186 Å². The molecule has 2 aromatic carbocycles. The van der Waals surface area contributed by atoms with Crippen molar-refractivity contribution in [2.75, 3.05) is 11.4 Å². The molecule has 0 bridgehead atoms. The van der Waals surface area contributed by atoms with Gasteiger partial charge >= 0.3 is 0 Å². The van der Waals surface area contributed by atoms with Gasteiger partial charge in [0.2, 0.25) is 5.91 Å². The van der Waals surface area contributed by atoms with E-state index in [0.29, 0.717) is 18.0 Å². The van der Waals surface area contributed by atoms with Gasteiger partial charge in [0.1, 0.15) is 5.75 Å². The van der Waals surface area contributed by atoms with E-state index in [1.807, 2.05) is 41.8 Å². The molecule has 1 N–H and O–H groups in total. The average Bonchev–Trinajstić information content (AvgIpc) is 3.32. The largest absolute Gasteiger partial charge is 0.479 e. The van der Waals surface area contributed by atoms with Crippen LogP contribution in [0.25, 0.3) is 0 Å². The molecule has 1 aliphatic rings. The second-order valence-corrected chi connectivity index (χ2v) is 8.56. The van der Waals surface area contributed by atoms with E-state index in [0.717, 1.165) is 16.9 Å². The lowest BCUT2D eigenvalue weighted by atomic mass is 10.0. The number of nitrogens with one attached hydrogen (secondary N) is 1. The van der Waals surface area contributed by atoms with E-state index in [1.165, 1.54) is 5.56 Å². The Morgan fingerprint density at radius 3 is 2.61 bits per heavy atom. The molecule has 0 unspecified atom stereocenters. The molecular weight excluding hydrogens is 408 g/mol. The van der Waals surface area contributed by atoms with Crippen LogP contribution in [-0.4, -0.2) is 24.5 Å². The number of hydrogen-bond acceptors (Lipinski definition) is 4. The molecule has 4 rings (SSSR count). The first kappa shape index (κ1) is 21.1. The third-order valence-electron chi connectivity index (χ3n) is 5.49. The van der Waals surface area contributed by atoms with Gasteiger partial charge in [0.15, 0.2) is 6.10 Å². The zero-order valence-corrected chi connectivity index (χ0v) is 18.5. The predicted molar refractivity (Wildman–Crippen MR) is 124 cm³/mol. The minimum atomic E-state index is -0.561. The van der Waals surface area contributed by atoms with Crippen LogP contribution < -0.4 is 15.0 Å². The highest BCUT2D eigenvalue weighted by atomic mass is 32.1. The van der Waals surface area contributed by atoms with Crippen LogP contribution in [0, 0.1) is 0 Å². The minimum Gasteiger partial charge on any atom is -0.479 e. The van der Waals surface area contributed by atoms with E-state index in [4.69, 9.17) is 4.74 Å². The van der Waals surface area contributed by atoms with Crippen molar-refractivity contribution < 1.29 is 14.3 Å². The van der Waals surface area contributed by atoms with Crippen LogP contribution in [0.15, 0.2) is 66.0 Å². The van der Waals surface area contributed by atoms with Gasteiger partial charge in [0.05, 0.1) is 11.7 Å². The fourth-order valence-corrected chi connectivity index (χ4v) is 4.56. The summed E-state index contributed by atoms with van der Waals surface area (Å²) < 4.78 is 5.68. The molecule has 2 amide bonds. The summed E-state index contributed by atoms with van der Waals surface area (Å²) in [5.41, 5.74) is 3.02. The molecule has 1 aliphatic heterocycles. The Morgan fingerprint density at radius 1 is 1.13 bits per heavy atom. The molecule has 3 aromatic rings. The Hall–Kier alpha value is -3.12. The van der Waals surface area contributed by atoms with E-state index in [1.54, 1.807) is 23.2 Å². The number of hydrogen-bond donors (Lipinski definition) is 1. The van der Waals surface area contributed by atoms with Crippen molar-refractivity contribution in [3.05, 3.63) is 82.0 Å². The molecular formula is C25H26N2O3S. The molecule has 2 atom stereocenters. The Bertz CT molecular complexity index is 1050. The quantitative estimate of drug-likeness (QED) is 0.585. The van der Waals surface area contributed by atoms with Gasteiger partial charge in [-0.05, 0) is 48.1 Å². The van der Waals surface area contributed by atoms with Crippen molar-refractivity contribution in [3.8, 4) is 5.75 Å². The number of benzene rings is 2. The minimum absolute atomic E-state index is 0.0950. The SMILES string of the molecule is CCc1ccc([C@H](NC(=O)CCN2C(=O)[C@H](C)Oc3ccccc32)c2cccs2)cc1. The topological polar surface area (TPSA) is 58.6 Å². The lowest BCUT2D eigenvalue weighted by Gasteiger charge is -2.33. The molecule has 0 saturated heterocycles. The molecule has 1 aromatic heterocycles. The second-order valence-electron chi connectivity index (χ2n) is 7.58. The fourth-order valence-electron chi connectivity index (χ4n) is 3.76. The van der Waals surface area contributed by atoms with E-state index in [2.05, 4.69) is 36.5 Å². The van der Waals surface area contributed by atoms with Gasteiger partial charge in [0, 0.05) is 17.8 Å². The van der Waals surface area contributed by atoms with Crippen LogP contribution in [0.1, 0.15) is 42.3 Å². The second kappa shape index (κ2) is 9.35. The highest BCUT2D eigenvalue weighted by Gasteiger charge is 2.31. The van der Waals surface area contributed by atoms with E-state index in [9.17, 15) is 9.59 Å². The Morgan fingerprint density at radius 2 is 1.90 bits per heavy atom. The summed E-state index contributed by atoms with van der Waals surface area (Å²) >= 11 is 1.62. The molecule has 5 nitrogen and oxygen atoms in total. The van der Waals surface area contributed by atoms with Crippen molar-refractivity contribution in [3.63, 3.8) is 0 Å². The van der Waals surface area contributed by atoms with Crippen molar-refractivity contribution in [2.45, 2.75) is 38.8 Å². The van der Waals surface area contributed by atoms with Gasteiger partial charge in [-0.3, -0.25) is 9.59 Å². The monoisotopic (exact) mass is 434 g/mol. The summed E-state index contributed by atoms with van der Waals surface area (Å²) in [5, 5.41) is 5.18. The first-order chi connectivity index (χ1) is 15.1.